The molecule has 0 heterocycles. The molecule has 0 atom stereocenters. The van der Waals surface area contributed by atoms with Gasteiger partial charge in [0.1, 0.15) is 0 Å². The SMILES string of the molecule is CC(=O)c1cccc(-c2cccc(C)c2)c1. The van der Waals surface area contributed by atoms with E-state index in [1.165, 1.54) is 5.56 Å². The highest BCUT2D eigenvalue weighted by molar-refractivity contribution is 5.95. The molecular formula is C15H14O. The molecule has 1 heteroatoms. The monoisotopic (exact) mass is 210 g/mol. The summed E-state index contributed by atoms with van der Waals surface area (Å²) in [5, 5.41) is 0. The van der Waals surface area contributed by atoms with E-state index in [0.29, 0.717) is 0 Å². The van der Waals surface area contributed by atoms with Crippen LogP contribution in [0.15, 0.2) is 48.5 Å². The first-order valence-electron chi connectivity index (χ1n) is 5.35. The molecule has 2 aromatic rings. The quantitative estimate of drug-likeness (QED) is 0.688. The van der Waals surface area contributed by atoms with E-state index in [4.69, 9.17) is 0 Å². The van der Waals surface area contributed by atoms with Gasteiger partial charge in [-0.05, 0) is 31.0 Å². The molecule has 0 N–H and O–H groups in total. The van der Waals surface area contributed by atoms with E-state index in [2.05, 4.69) is 25.1 Å². The molecule has 0 saturated carbocycles. The molecule has 2 aromatic carbocycles. The Morgan fingerprint density at radius 2 is 1.56 bits per heavy atom. The summed E-state index contributed by atoms with van der Waals surface area (Å²) in [4.78, 5) is 11.3. The summed E-state index contributed by atoms with van der Waals surface area (Å²) in [7, 11) is 0. The van der Waals surface area contributed by atoms with Crippen molar-refractivity contribution >= 4 is 5.78 Å². The maximum absolute atomic E-state index is 11.3. The Labute approximate surface area is 95.7 Å². The second kappa shape index (κ2) is 4.31. The lowest BCUT2D eigenvalue weighted by atomic mass is 10.0. The normalized spacial score (nSPS) is 10.1. The number of hydrogen-bond donors (Lipinski definition) is 0. The Bertz CT molecular complexity index is 526. The standard InChI is InChI=1S/C15H14O/c1-11-5-3-7-14(9-11)15-8-4-6-13(10-15)12(2)16/h3-10H,1-2H3. The third-order valence-electron chi connectivity index (χ3n) is 2.62. The van der Waals surface area contributed by atoms with Gasteiger partial charge >= 0.3 is 0 Å². The van der Waals surface area contributed by atoms with Crippen LogP contribution in [0.2, 0.25) is 0 Å². The van der Waals surface area contributed by atoms with E-state index in [9.17, 15) is 4.79 Å². The van der Waals surface area contributed by atoms with Crippen LogP contribution >= 0.6 is 0 Å². The van der Waals surface area contributed by atoms with Crippen molar-refractivity contribution in [3.8, 4) is 11.1 Å². The van der Waals surface area contributed by atoms with Crippen LogP contribution in [-0.2, 0) is 0 Å². The third-order valence-corrected chi connectivity index (χ3v) is 2.62. The summed E-state index contributed by atoms with van der Waals surface area (Å²) in [6, 6.07) is 16.0. The van der Waals surface area contributed by atoms with Gasteiger partial charge in [0.05, 0.1) is 0 Å². The molecule has 0 fully saturated rings. The van der Waals surface area contributed by atoms with Gasteiger partial charge in [-0.3, -0.25) is 4.79 Å². The Balaban J connectivity index is 2.48. The van der Waals surface area contributed by atoms with E-state index in [-0.39, 0.29) is 5.78 Å². The number of hydrogen-bond acceptors (Lipinski definition) is 1. The van der Waals surface area contributed by atoms with Crippen LogP contribution in [0.4, 0.5) is 0 Å². The van der Waals surface area contributed by atoms with E-state index >= 15 is 0 Å². The van der Waals surface area contributed by atoms with Crippen LogP contribution in [0.1, 0.15) is 22.8 Å². The van der Waals surface area contributed by atoms with Gasteiger partial charge in [0.25, 0.3) is 0 Å². The van der Waals surface area contributed by atoms with E-state index in [0.717, 1.165) is 16.7 Å². The van der Waals surface area contributed by atoms with E-state index in [1.807, 2.05) is 30.3 Å². The maximum Gasteiger partial charge on any atom is 0.159 e. The third kappa shape index (κ3) is 2.19. The zero-order valence-electron chi connectivity index (χ0n) is 9.53. The minimum absolute atomic E-state index is 0.106. The number of Topliss-reactive ketones (excluding diaryl/α,β-unsaturated/α-hetero) is 1. The van der Waals surface area contributed by atoms with Crippen molar-refractivity contribution in [3.63, 3.8) is 0 Å². The Morgan fingerprint density at radius 1 is 0.938 bits per heavy atom. The second-order valence-corrected chi connectivity index (χ2v) is 4.01. The first kappa shape index (κ1) is 10.6. The molecule has 80 valence electrons. The molecule has 0 unspecified atom stereocenters. The van der Waals surface area contributed by atoms with Gasteiger partial charge in [-0.1, -0.05) is 48.0 Å². The largest absolute Gasteiger partial charge is 0.295 e. The lowest BCUT2D eigenvalue weighted by Gasteiger charge is -2.04. The highest BCUT2D eigenvalue weighted by Gasteiger charge is 2.02. The molecule has 0 aliphatic rings. The average molecular weight is 210 g/mol. The molecule has 0 saturated heterocycles. The van der Waals surface area contributed by atoms with Gasteiger partial charge in [0.15, 0.2) is 5.78 Å². The van der Waals surface area contributed by atoms with Crippen LogP contribution in [0.25, 0.3) is 11.1 Å². The van der Waals surface area contributed by atoms with E-state index in [1.54, 1.807) is 6.92 Å². The predicted molar refractivity (Wildman–Crippen MR) is 66.6 cm³/mol. The van der Waals surface area contributed by atoms with Crippen LogP contribution < -0.4 is 0 Å². The van der Waals surface area contributed by atoms with Crippen LogP contribution in [0.3, 0.4) is 0 Å². The smallest absolute Gasteiger partial charge is 0.159 e. The van der Waals surface area contributed by atoms with Gasteiger partial charge in [-0.15, -0.1) is 0 Å². The fourth-order valence-electron chi connectivity index (χ4n) is 1.74. The van der Waals surface area contributed by atoms with Gasteiger partial charge in [-0.2, -0.15) is 0 Å². The Hall–Kier alpha value is -1.89. The zero-order valence-corrected chi connectivity index (χ0v) is 9.53. The summed E-state index contributed by atoms with van der Waals surface area (Å²) >= 11 is 0. The van der Waals surface area contributed by atoms with Gasteiger partial charge in [-0.25, -0.2) is 0 Å². The number of rotatable bonds is 2. The summed E-state index contributed by atoms with van der Waals surface area (Å²) in [5.74, 6) is 0.106. The number of carbonyl (C=O) groups is 1. The molecule has 2 rings (SSSR count). The summed E-state index contributed by atoms with van der Waals surface area (Å²) in [6.07, 6.45) is 0. The van der Waals surface area contributed by atoms with Gasteiger partial charge in [0, 0.05) is 5.56 Å². The van der Waals surface area contributed by atoms with Gasteiger partial charge in [0.2, 0.25) is 0 Å². The molecule has 0 spiro atoms. The minimum Gasteiger partial charge on any atom is -0.295 e. The summed E-state index contributed by atoms with van der Waals surface area (Å²) in [5.41, 5.74) is 4.24. The van der Waals surface area contributed by atoms with Crippen molar-refractivity contribution in [2.24, 2.45) is 0 Å². The van der Waals surface area contributed by atoms with Crippen LogP contribution in [-0.4, -0.2) is 5.78 Å². The van der Waals surface area contributed by atoms with Crippen molar-refractivity contribution in [1.29, 1.82) is 0 Å². The molecule has 0 aliphatic heterocycles. The Kier molecular flexibility index (Phi) is 2.86. The number of ketones is 1. The van der Waals surface area contributed by atoms with Crippen molar-refractivity contribution in [2.45, 2.75) is 13.8 Å². The van der Waals surface area contributed by atoms with Crippen LogP contribution in [0.5, 0.6) is 0 Å². The van der Waals surface area contributed by atoms with Crippen molar-refractivity contribution in [1.82, 2.24) is 0 Å². The lowest BCUT2D eigenvalue weighted by molar-refractivity contribution is 0.101. The topological polar surface area (TPSA) is 17.1 Å². The van der Waals surface area contributed by atoms with Crippen LogP contribution in [0, 0.1) is 6.92 Å². The highest BCUT2D eigenvalue weighted by Crippen LogP contribution is 2.21. The van der Waals surface area contributed by atoms with Gasteiger partial charge < -0.3 is 0 Å². The maximum atomic E-state index is 11.3. The number of aryl methyl sites for hydroxylation is 1. The van der Waals surface area contributed by atoms with Crippen molar-refractivity contribution in [2.75, 3.05) is 0 Å². The molecule has 0 amide bonds. The molecule has 0 bridgehead atoms. The summed E-state index contributed by atoms with van der Waals surface area (Å²) < 4.78 is 0. The molecule has 0 aliphatic carbocycles. The molecule has 1 nitrogen and oxygen atoms in total. The van der Waals surface area contributed by atoms with E-state index < -0.39 is 0 Å². The number of carbonyl (C=O) groups excluding carboxylic acids is 1. The predicted octanol–water partition coefficient (Wildman–Crippen LogP) is 3.86. The average Bonchev–Trinajstić information content (AvgIpc) is 2.29. The number of benzene rings is 2. The fraction of sp³-hybridized carbons (Fsp3) is 0.133. The highest BCUT2D eigenvalue weighted by atomic mass is 16.1. The fourth-order valence-corrected chi connectivity index (χ4v) is 1.74. The van der Waals surface area contributed by atoms with Crippen molar-refractivity contribution < 1.29 is 4.79 Å². The lowest BCUT2D eigenvalue weighted by Crippen LogP contribution is -1.91. The first-order valence-corrected chi connectivity index (χ1v) is 5.35. The Morgan fingerprint density at radius 3 is 2.19 bits per heavy atom. The molecule has 0 radical (unpaired) electrons. The second-order valence-electron chi connectivity index (χ2n) is 4.01. The molecular weight excluding hydrogens is 196 g/mol. The summed E-state index contributed by atoms with van der Waals surface area (Å²) in [6.45, 7) is 3.66. The molecule has 16 heavy (non-hydrogen) atoms. The zero-order chi connectivity index (χ0) is 11.5. The minimum atomic E-state index is 0.106. The molecule has 0 aromatic heterocycles. The van der Waals surface area contributed by atoms with Crippen molar-refractivity contribution in [3.05, 3.63) is 59.7 Å². The first-order chi connectivity index (χ1) is 7.66.